The molecule has 2 aromatic heterocycles. The van der Waals surface area contributed by atoms with E-state index in [4.69, 9.17) is 19.9 Å². The molecule has 5 rings (SSSR count). The molecular formula is C20H26N4O6. The van der Waals surface area contributed by atoms with Gasteiger partial charge in [-0.3, -0.25) is 0 Å². The first kappa shape index (κ1) is 19.5. The third-order valence-corrected chi connectivity index (χ3v) is 6.78. The van der Waals surface area contributed by atoms with Crippen LogP contribution in [0.25, 0.3) is 5.52 Å². The van der Waals surface area contributed by atoms with E-state index in [-0.39, 0.29) is 5.82 Å². The topological polar surface area (TPSA) is 141 Å². The summed E-state index contributed by atoms with van der Waals surface area (Å²) < 4.78 is 18.0. The Morgan fingerprint density at radius 3 is 2.83 bits per heavy atom. The molecule has 0 spiro atoms. The van der Waals surface area contributed by atoms with Crippen LogP contribution >= 0.6 is 0 Å². The molecule has 10 nitrogen and oxygen atoms in total. The van der Waals surface area contributed by atoms with Gasteiger partial charge in [-0.1, -0.05) is 19.3 Å². The molecule has 1 aliphatic heterocycles. The van der Waals surface area contributed by atoms with Gasteiger partial charge < -0.3 is 30.2 Å². The molecule has 2 aromatic rings. The molecule has 10 heteroatoms. The fraction of sp³-hybridized carbons (Fsp3) is 0.650. The van der Waals surface area contributed by atoms with Crippen molar-refractivity contribution >= 4 is 17.5 Å². The van der Waals surface area contributed by atoms with Gasteiger partial charge in [-0.05, 0) is 37.8 Å². The third-order valence-electron chi connectivity index (χ3n) is 6.78. The lowest BCUT2D eigenvalue weighted by Crippen LogP contribution is -2.46. The highest BCUT2D eigenvalue weighted by atomic mass is 16.7. The number of aliphatic hydroxyl groups excluding tert-OH is 1. The van der Waals surface area contributed by atoms with Crippen LogP contribution in [0.1, 0.15) is 44.7 Å². The summed E-state index contributed by atoms with van der Waals surface area (Å²) in [5.74, 6) is 0.647. The smallest absolute Gasteiger partial charge is 0.434 e. The Morgan fingerprint density at radius 1 is 1.37 bits per heavy atom. The molecule has 162 valence electrons. The van der Waals surface area contributed by atoms with E-state index in [1.165, 1.54) is 17.3 Å². The van der Waals surface area contributed by atoms with Gasteiger partial charge in [0.05, 0.1) is 12.3 Å². The lowest BCUT2D eigenvalue weighted by Gasteiger charge is -2.32. The van der Waals surface area contributed by atoms with Crippen LogP contribution in [0.15, 0.2) is 18.5 Å². The van der Waals surface area contributed by atoms with Crippen molar-refractivity contribution in [3.63, 3.8) is 0 Å². The van der Waals surface area contributed by atoms with Gasteiger partial charge in [0.2, 0.25) is 0 Å². The highest BCUT2D eigenvalue weighted by Crippen LogP contribution is 2.59. The van der Waals surface area contributed by atoms with Gasteiger partial charge in [0.25, 0.3) is 0 Å². The van der Waals surface area contributed by atoms with Crippen LogP contribution in [0.4, 0.5) is 10.6 Å². The minimum absolute atomic E-state index is 0.290. The molecule has 5 atom stereocenters. The molecule has 2 aliphatic carbocycles. The van der Waals surface area contributed by atoms with Crippen LogP contribution in [-0.4, -0.2) is 61.5 Å². The van der Waals surface area contributed by atoms with Crippen molar-refractivity contribution in [3.05, 3.63) is 24.2 Å². The fourth-order valence-electron chi connectivity index (χ4n) is 4.93. The first-order valence-corrected chi connectivity index (χ1v) is 10.4. The van der Waals surface area contributed by atoms with Crippen molar-refractivity contribution < 1.29 is 29.2 Å². The van der Waals surface area contributed by atoms with Gasteiger partial charge in [-0.15, -0.1) is 0 Å². The molecule has 3 fully saturated rings. The maximum Gasteiger partial charge on any atom is 0.508 e. The number of rotatable bonds is 4. The van der Waals surface area contributed by atoms with E-state index in [2.05, 4.69) is 10.1 Å². The van der Waals surface area contributed by atoms with Crippen molar-refractivity contribution in [1.82, 2.24) is 14.6 Å². The zero-order valence-corrected chi connectivity index (χ0v) is 16.7. The molecule has 0 radical (unpaired) electrons. The van der Waals surface area contributed by atoms with E-state index in [0.29, 0.717) is 23.7 Å². The lowest BCUT2D eigenvalue weighted by atomic mass is 9.90. The zero-order valence-electron chi connectivity index (χ0n) is 16.7. The van der Waals surface area contributed by atoms with Crippen molar-refractivity contribution in [3.8, 4) is 0 Å². The van der Waals surface area contributed by atoms with Gasteiger partial charge in [-0.2, -0.15) is 5.10 Å². The standard InChI is InChI=1S/C20H26N4O6/c1-19(13-8-7-12-16(21)22-10-23-24(12)13)17(25)20(27)14(15(20)30-19)29-18(26)28-9-11-5-3-2-4-6-11/h7-8,10-11,14-15,17,25,27H,2-6,9H2,1H3,(H2,21,22,23)/t14?,15-,17+,19+,20-/m1/s1. The molecule has 4 N–H and O–H groups in total. The number of aliphatic hydroxyl groups is 2. The largest absolute Gasteiger partial charge is 0.508 e. The molecule has 30 heavy (non-hydrogen) atoms. The molecule has 0 aromatic carbocycles. The monoisotopic (exact) mass is 418 g/mol. The Hall–Kier alpha value is -2.43. The van der Waals surface area contributed by atoms with Gasteiger partial charge in [0, 0.05) is 0 Å². The van der Waals surface area contributed by atoms with E-state index < -0.39 is 35.7 Å². The molecule has 3 aliphatic rings. The number of nitrogens with zero attached hydrogens (tertiary/aromatic N) is 3. The second kappa shape index (κ2) is 6.79. The number of carbonyl (C=O) groups excluding carboxylic acids is 1. The van der Waals surface area contributed by atoms with Crippen molar-refractivity contribution in [2.75, 3.05) is 12.3 Å². The molecule has 0 amide bonds. The molecular weight excluding hydrogens is 392 g/mol. The third kappa shape index (κ3) is 2.78. The minimum atomic E-state index is -1.71. The molecule has 2 saturated carbocycles. The number of fused-ring (bicyclic) bond motifs is 2. The van der Waals surface area contributed by atoms with E-state index in [0.717, 1.165) is 25.7 Å². The summed E-state index contributed by atoms with van der Waals surface area (Å²) in [6, 6.07) is 3.43. The number of nitrogen functional groups attached to an aromatic ring is 1. The van der Waals surface area contributed by atoms with E-state index >= 15 is 0 Å². The molecule has 3 heterocycles. The number of nitrogens with two attached hydrogens (primary N) is 1. The number of carbonyl (C=O) groups is 1. The Bertz CT molecular complexity index is 975. The Balaban J connectivity index is 1.26. The maximum atomic E-state index is 12.1. The minimum Gasteiger partial charge on any atom is -0.434 e. The number of anilines is 1. The zero-order chi connectivity index (χ0) is 21.1. The average molecular weight is 418 g/mol. The first-order valence-electron chi connectivity index (χ1n) is 10.4. The van der Waals surface area contributed by atoms with Crippen LogP contribution < -0.4 is 5.73 Å². The predicted octanol–water partition coefficient (Wildman–Crippen LogP) is 1.13. The molecule has 1 saturated heterocycles. The first-order chi connectivity index (χ1) is 14.4. The normalized spacial score (nSPS) is 35.9. The number of hydrogen-bond donors (Lipinski definition) is 3. The summed E-state index contributed by atoms with van der Waals surface area (Å²) >= 11 is 0. The maximum absolute atomic E-state index is 12.1. The lowest BCUT2D eigenvalue weighted by molar-refractivity contribution is -0.132. The van der Waals surface area contributed by atoms with Crippen molar-refractivity contribution in [2.24, 2.45) is 5.92 Å². The summed E-state index contributed by atoms with van der Waals surface area (Å²) in [5.41, 5.74) is 3.98. The van der Waals surface area contributed by atoms with E-state index in [1.807, 2.05) is 0 Å². The SMILES string of the molecule is C[C@@]1(c2ccc3c(N)ncnn23)O[C@@H]2C(OC(=O)OCC3CCCCC3)[C@]2(O)[C@H]1O. The molecule has 0 bridgehead atoms. The summed E-state index contributed by atoms with van der Waals surface area (Å²) in [6.07, 6.45) is 2.89. The average Bonchev–Trinajstić information content (AvgIpc) is 3.05. The van der Waals surface area contributed by atoms with Crippen molar-refractivity contribution in [1.29, 1.82) is 0 Å². The van der Waals surface area contributed by atoms with Crippen LogP contribution in [0.3, 0.4) is 0 Å². The van der Waals surface area contributed by atoms with Gasteiger partial charge >= 0.3 is 6.16 Å². The van der Waals surface area contributed by atoms with E-state index in [1.54, 1.807) is 19.1 Å². The number of hydrogen-bond acceptors (Lipinski definition) is 9. The van der Waals surface area contributed by atoms with Crippen LogP contribution in [-0.2, 0) is 19.8 Å². The summed E-state index contributed by atoms with van der Waals surface area (Å²) in [5, 5.41) is 26.1. The number of aromatic nitrogens is 3. The fourth-order valence-corrected chi connectivity index (χ4v) is 4.93. The second-order valence-electron chi connectivity index (χ2n) is 8.70. The van der Waals surface area contributed by atoms with Crippen molar-refractivity contribution in [2.45, 2.75) is 68.5 Å². The summed E-state index contributed by atoms with van der Waals surface area (Å²) in [4.78, 5) is 16.0. The molecule has 1 unspecified atom stereocenters. The highest BCUT2D eigenvalue weighted by Gasteiger charge is 2.82. The van der Waals surface area contributed by atoms with Crippen LogP contribution in [0, 0.1) is 5.92 Å². The van der Waals surface area contributed by atoms with Gasteiger partial charge in [-0.25, -0.2) is 14.3 Å². The van der Waals surface area contributed by atoms with Crippen LogP contribution in [0.5, 0.6) is 0 Å². The summed E-state index contributed by atoms with van der Waals surface area (Å²) in [7, 11) is 0. The number of ether oxygens (including phenoxy) is 3. The second-order valence-corrected chi connectivity index (χ2v) is 8.70. The summed E-state index contributed by atoms with van der Waals surface area (Å²) in [6.45, 7) is 1.97. The highest BCUT2D eigenvalue weighted by molar-refractivity contribution is 5.66. The predicted molar refractivity (Wildman–Crippen MR) is 103 cm³/mol. The quantitative estimate of drug-likeness (QED) is 0.623. The van der Waals surface area contributed by atoms with Gasteiger partial charge in [0.1, 0.15) is 29.7 Å². The Morgan fingerprint density at radius 2 is 2.13 bits per heavy atom. The Labute approximate surface area is 172 Å². The van der Waals surface area contributed by atoms with E-state index in [9.17, 15) is 15.0 Å². The van der Waals surface area contributed by atoms with Crippen LogP contribution in [0.2, 0.25) is 0 Å². The van der Waals surface area contributed by atoms with Gasteiger partial charge in [0.15, 0.2) is 17.5 Å². The Kier molecular flexibility index (Phi) is 4.42.